The summed E-state index contributed by atoms with van der Waals surface area (Å²) in [4.78, 5) is 5.19. The van der Waals surface area contributed by atoms with Gasteiger partial charge in [-0.2, -0.15) is 0 Å². The third kappa shape index (κ3) is 5.03. The summed E-state index contributed by atoms with van der Waals surface area (Å²) in [6.07, 6.45) is 5.17. The molecule has 0 amide bonds. The molecule has 1 saturated carbocycles. The van der Waals surface area contributed by atoms with Gasteiger partial charge in [-0.1, -0.05) is 0 Å². The van der Waals surface area contributed by atoms with Gasteiger partial charge in [0.1, 0.15) is 0 Å². The Morgan fingerprint density at radius 1 is 1.21 bits per heavy atom. The van der Waals surface area contributed by atoms with E-state index in [1.807, 2.05) is 0 Å². The van der Waals surface area contributed by atoms with Crippen LogP contribution in [0.1, 0.15) is 32.6 Å². The van der Waals surface area contributed by atoms with E-state index in [1.165, 1.54) is 39.0 Å². The van der Waals surface area contributed by atoms with Crippen molar-refractivity contribution in [3.8, 4) is 0 Å². The fourth-order valence-electron chi connectivity index (χ4n) is 3.05. The summed E-state index contributed by atoms with van der Waals surface area (Å²) in [5, 5.41) is 0. The van der Waals surface area contributed by atoms with Crippen LogP contribution in [0.15, 0.2) is 0 Å². The van der Waals surface area contributed by atoms with E-state index in [0.29, 0.717) is 6.04 Å². The predicted octanol–water partition coefficient (Wildman–Crippen LogP) is 1.16. The molecular weight excluding hydrogens is 238 g/mol. The number of ether oxygens (including phenoxy) is 1. The van der Waals surface area contributed by atoms with Crippen LogP contribution in [0.2, 0.25) is 0 Å². The van der Waals surface area contributed by atoms with Crippen molar-refractivity contribution in [2.24, 2.45) is 11.7 Å². The van der Waals surface area contributed by atoms with Crippen molar-refractivity contribution >= 4 is 0 Å². The Morgan fingerprint density at radius 3 is 2.47 bits per heavy atom. The van der Waals surface area contributed by atoms with Crippen LogP contribution < -0.4 is 5.73 Å². The van der Waals surface area contributed by atoms with E-state index in [-0.39, 0.29) is 0 Å². The lowest BCUT2D eigenvalue weighted by Crippen LogP contribution is -2.46. The second-order valence-corrected chi connectivity index (χ2v) is 6.29. The van der Waals surface area contributed by atoms with Crippen molar-refractivity contribution in [2.45, 2.75) is 44.7 Å². The molecule has 2 fully saturated rings. The molecule has 0 spiro atoms. The average molecular weight is 269 g/mol. The van der Waals surface area contributed by atoms with E-state index >= 15 is 0 Å². The molecule has 1 atom stereocenters. The lowest BCUT2D eigenvalue weighted by Gasteiger charge is -2.34. The van der Waals surface area contributed by atoms with E-state index in [4.69, 9.17) is 10.5 Å². The topological polar surface area (TPSA) is 41.7 Å². The normalized spacial score (nSPS) is 24.0. The number of piperidine rings is 1. The molecule has 4 heteroatoms. The van der Waals surface area contributed by atoms with Crippen LogP contribution in [0.4, 0.5) is 0 Å². The average Bonchev–Trinajstić information content (AvgIpc) is 3.24. The monoisotopic (exact) mass is 269 g/mol. The zero-order valence-electron chi connectivity index (χ0n) is 12.7. The van der Waals surface area contributed by atoms with Crippen molar-refractivity contribution < 1.29 is 4.74 Å². The molecular formula is C15H31N3O. The molecule has 0 aromatic heterocycles. The first-order chi connectivity index (χ1) is 9.20. The number of nitrogens with two attached hydrogens (primary N) is 1. The highest BCUT2D eigenvalue weighted by Crippen LogP contribution is 2.35. The summed E-state index contributed by atoms with van der Waals surface area (Å²) < 4.78 is 5.26. The minimum absolute atomic E-state index is 0.436. The van der Waals surface area contributed by atoms with Gasteiger partial charge in [-0.15, -0.1) is 0 Å². The zero-order chi connectivity index (χ0) is 13.7. The van der Waals surface area contributed by atoms with Crippen LogP contribution in [0, 0.1) is 5.92 Å². The summed E-state index contributed by atoms with van der Waals surface area (Å²) in [7, 11) is 1.80. The molecule has 1 saturated heterocycles. The maximum Gasteiger partial charge on any atom is 0.0589 e. The molecule has 0 bridgehead atoms. The van der Waals surface area contributed by atoms with Gasteiger partial charge in [0, 0.05) is 38.8 Å². The molecule has 2 N–H and O–H groups in total. The number of methoxy groups -OCH3 is 1. The Kier molecular flexibility index (Phi) is 6.07. The summed E-state index contributed by atoms with van der Waals surface area (Å²) >= 11 is 0. The van der Waals surface area contributed by atoms with E-state index < -0.39 is 0 Å². The van der Waals surface area contributed by atoms with Crippen LogP contribution in [0.5, 0.6) is 0 Å². The van der Waals surface area contributed by atoms with Gasteiger partial charge in [-0.3, -0.25) is 4.90 Å². The van der Waals surface area contributed by atoms with Crippen LogP contribution in [0.3, 0.4) is 0 Å². The van der Waals surface area contributed by atoms with Gasteiger partial charge in [0.05, 0.1) is 6.61 Å². The van der Waals surface area contributed by atoms with Crippen LogP contribution in [0.25, 0.3) is 0 Å². The van der Waals surface area contributed by atoms with Gasteiger partial charge in [-0.25, -0.2) is 0 Å². The first-order valence-corrected chi connectivity index (χ1v) is 7.91. The fourth-order valence-corrected chi connectivity index (χ4v) is 3.05. The summed E-state index contributed by atoms with van der Waals surface area (Å²) in [6.45, 7) is 9.03. The van der Waals surface area contributed by atoms with Gasteiger partial charge >= 0.3 is 0 Å². The second kappa shape index (κ2) is 7.58. The molecule has 0 aromatic rings. The first-order valence-electron chi connectivity index (χ1n) is 7.91. The van der Waals surface area contributed by atoms with Gasteiger partial charge in [0.15, 0.2) is 0 Å². The van der Waals surface area contributed by atoms with Crippen LogP contribution in [-0.2, 0) is 4.74 Å². The molecule has 2 rings (SSSR count). The highest BCUT2D eigenvalue weighted by Gasteiger charge is 2.31. The molecule has 1 aliphatic carbocycles. The molecule has 1 heterocycles. The summed E-state index contributed by atoms with van der Waals surface area (Å²) in [5.74, 6) is 0.937. The number of likely N-dealkylation sites (tertiary alicyclic amines) is 1. The van der Waals surface area contributed by atoms with Crippen molar-refractivity contribution in [3.63, 3.8) is 0 Å². The molecule has 1 unspecified atom stereocenters. The van der Waals surface area contributed by atoms with E-state index in [1.54, 1.807) is 7.11 Å². The van der Waals surface area contributed by atoms with E-state index in [9.17, 15) is 0 Å². The maximum atomic E-state index is 5.96. The molecule has 2 aliphatic rings. The van der Waals surface area contributed by atoms with Crippen molar-refractivity contribution in [1.29, 1.82) is 0 Å². The molecule has 1 aliphatic heterocycles. The number of hydrogen-bond acceptors (Lipinski definition) is 4. The number of hydrogen-bond donors (Lipinski definition) is 1. The minimum Gasteiger partial charge on any atom is -0.383 e. The summed E-state index contributed by atoms with van der Waals surface area (Å²) in [5.41, 5.74) is 5.96. The third-order valence-electron chi connectivity index (χ3n) is 4.80. The van der Waals surface area contributed by atoms with Crippen molar-refractivity contribution in [1.82, 2.24) is 9.80 Å². The fraction of sp³-hybridized carbons (Fsp3) is 1.00. The predicted molar refractivity (Wildman–Crippen MR) is 79.3 cm³/mol. The Bertz CT molecular complexity index is 250. The highest BCUT2D eigenvalue weighted by molar-refractivity contribution is 4.86. The SMILES string of the molecule is COCCN(CCN1CCC(N)CC1)C(C)C1CC1. The standard InChI is InChI=1S/C15H31N3O/c1-13(14-3-4-14)18(11-12-19-2)10-9-17-7-5-15(16)6-8-17/h13-15H,3-12,16H2,1-2H3. The zero-order valence-corrected chi connectivity index (χ0v) is 12.7. The van der Waals surface area contributed by atoms with Gasteiger partial charge in [0.2, 0.25) is 0 Å². The molecule has 0 radical (unpaired) electrons. The quantitative estimate of drug-likeness (QED) is 0.718. The third-order valence-corrected chi connectivity index (χ3v) is 4.80. The lowest BCUT2D eigenvalue weighted by molar-refractivity contribution is 0.0996. The van der Waals surface area contributed by atoms with Gasteiger partial charge < -0.3 is 15.4 Å². The highest BCUT2D eigenvalue weighted by atomic mass is 16.5. The Labute approximate surface area is 118 Å². The van der Waals surface area contributed by atoms with Crippen LogP contribution >= 0.6 is 0 Å². The Balaban J connectivity index is 1.72. The van der Waals surface area contributed by atoms with Crippen molar-refractivity contribution in [3.05, 3.63) is 0 Å². The van der Waals surface area contributed by atoms with Gasteiger partial charge in [0.25, 0.3) is 0 Å². The first kappa shape index (κ1) is 15.2. The molecule has 0 aromatic carbocycles. The Hall–Kier alpha value is -0.160. The van der Waals surface area contributed by atoms with Crippen molar-refractivity contribution in [2.75, 3.05) is 46.4 Å². The molecule has 19 heavy (non-hydrogen) atoms. The number of nitrogens with zero attached hydrogens (tertiary/aromatic N) is 2. The van der Waals surface area contributed by atoms with Gasteiger partial charge in [-0.05, 0) is 51.6 Å². The largest absolute Gasteiger partial charge is 0.383 e. The smallest absolute Gasteiger partial charge is 0.0589 e. The lowest BCUT2D eigenvalue weighted by atomic mass is 10.1. The number of rotatable bonds is 8. The van der Waals surface area contributed by atoms with Crippen LogP contribution in [-0.4, -0.2) is 68.3 Å². The van der Waals surface area contributed by atoms with E-state index in [0.717, 1.165) is 38.0 Å². The molecule has 112 valence electrons. The molecule has 4 nitrogen and oxygen atoms in total. The second-order valence-electron chi connectivity index (χ2n) is 6.29. The maximum absolute atomic E-state index is 5.96. The minimum atomic E-state index is 0.436. The summed E-state index contributed by atoms with van der Waals surface area (Å²) in [6, 6.07) is 1.16. The Morgan fingerprint density at radius 2 is 1.89 bits per heavy atom. The van der Waals surface area contributed by atoms with E-state index in [2.05, 4.69) is 16.7 Å².